The van der Waals surface area contributed by atoms with E-state index in [4.69, 9.17) is 14.7 Å². The molecule has 1 aliphatic heterocycles. The van der Waals surface area contributed by atoms with Gasteiger partial charge in [-0.05, 0) is 92.9 Å². The van der Waals surface area contributed by atoms with Crippen molar-refractivity contribution < 1.29 is 4.74 Å². The smallest absolute Gasteiger partial charge is 0.181 e. The summed E-state index contributed by atoms with van der Waals surface area (Å²) in [6, 6.07) is 63.7. The standard InChI is InChI=1S/C50H32N4OSSi/c1-3-13-35(14-4-1)57(36-15-5-2-6-16-36)47-20-10-9-19-45(47)56-46-31-40-39-25-23-34(30-43(39)54(44(40)32-48(46)57)49-21-11-12-26-51-49)55-33-22-24-37-38-17-7-8-18-42(38)53-28-27-52-50(53)41(37)29-33/h1-32H. The predicted octanol–water partition coefficient (Wildman–Crippen LogP) is 9.77. The highest BCUT2D eigenvalue weighted by Crippen LogP contribution is 2.41. The van der Waals surface area contributed by atoms with Crippen LogP contribution in [0.3, 0.4) is 0 Å². The van der Waals surface area contributed by atoms with E-state index in [-0.39, 0.29) is 0 Å². The van der Waals surface area contributed by atoms with Gasteiger partial charge in [-0.25, -0.2) is 9.97 Å². The van der Waals surface area contributed by atoms with Crippen LogP contribution in [0.15, 0.2) is 204 Å². The molecule has 0 atom stereocenters. The lowest BCUT2D eigenvalue weighted by Gasteiger charge is -2.40. The fourth-order valence-electron chi connectivity index (χ4n) is 9.24. The van der Waals surface area contributed by atoms with E-state index in [0.717, 1.165) is 55.7 Å². The molecular formula is C50H32N4OSSi. The van der Waals surface area contributed by atoms with Crippen LogP contribution in [0.1, 0.15) is 0 Å². The van der Waals surface area contributed by atoms with Gasteiger partial charge in [-0.3, -0.25) is 8.97 Å². The van der Waals surface area contributed by atoms with Gasteiger partial charge in [-0.1, -0.05) is 115 Å². The van der Waals surface area contributed by atoms with E-state index in [2.05, 4.69) is 179 Å². The lowest BCUT2D eigenvalue weighted by atomic mass is 10.1. The van der Waals surface area contributed by atoms with Crippen LogP contribution in [-0.4, -0.2) is 27.0 Å². The number of ether oxygens (including phenoxy) is 1. The van der Waals surface area contributed by atoms with Crippen molar-refractivity contribution in [1.82, 2.24) is 18.9 Å². The first-order chi connectivity index (χ1) is 28.3. The average molecular weight is 765 g/mol. The Morgan fingerprint density at radius 2 is 1.14 bits per heavy atom. The average Bonchev–Trinajstić information content (AvgIpc) is 3.89. The lowest BCUT2D eigenvalue weighted by Crippen LogP contribution is -2.76. The minimum Gasteiger partial charge on any atom is -0.457 e. The van der Waals surface area contributed by atoms with Crippen molar-refractivity contribution in [2.75, 3.05) is 0 Å². The molecule has 12 rings (SSSR count). The third-order valence-electron chi connectivity index (χ3n) is 11.6. The molecule has 5 heterocycles. The van der Waals surface area contributed by atoms with Crippen molar-refractivity contribution in [3.63, 3.8) is 0 Å². The number of imidazole rings is 1. The van der Waals surface area contributed by atoms with Crippen LogP contribution in [0.25, 0.3) is 54.9 Å². The predicted molar refractivity (Wildman–Crippen MR) is 237 cm³/mol. The third kappa shape index (κ3) is 4.76. The SMILES string of the molecule is c1ccc([Si]2(c3ccccc3)c3ccccc3Sc3cc4c5ccc(Oc6ccc7c8ccccc8n8ccnc8c7c6)cc5n(-c5ccccn5)c4cc32)cc1. The molecule has 0 radical (unpaired) electrons. The summed E-state index contributed by atoms with van der Waals surface area (Å²) in [5.41, 5.74) is 4.22. The molecule has 7 heteroatoms. The Morgan fingerprint density at radius 3 is 1.95 bits per heavy atom. The third-order valence-corrected chi connectivity index (χ3v) is 18.0. The van der Waals surface area contributed by atoms with Gasteiger partial charge < -0.3 is 4.74 Å². The number of aromatic nitrogens is 4. The van der Waals surface area contributed by atoms with Gasteiger partial charge in [-0.2, -0.15) is 0 Å². The molecule has 0 amide bonds. The molecule has 7 aromatic carbocycles. The maximum absolute atomic E-state index is 6.74. The summed E-state index contributed by atoms with van der Waals surface area (Å²) in [5.74, 6) is 2.38. The number of rotatable bonds is 5. The Bertz CT molecular complexity index is 3320. The first-order valence-electron chi connectivity index (χ1n) is 19.1. The van der Waals surface area contributed by atoms with Crippen molar-refractivity contribution in [1.29, 1.82) is 0 Å². The molecule has 57 heavy (non-hydrogen) atoms. The second kappa shape index (κ2) is 12.5. The van der Waals surface area contributed by atoms with E-state index in [1.807, 2.05) is 36.4 Å². The fraction of sp³-hybridized carbons (Fsp3) is 0. The van der Waals surface area contributed by atoms with Crippen LogP contribution in [0.2, 0.25) is 0 Å². The molecule has 0 saturated heterocycles. The number of para-hydroxylation sites is 1. The first kappa shape index (κ1) is 32.3. The molecular weight excluding hydrogens is 733 g/mol. The Labute approximate surface area is 333 Å². The molecule has 0 spiro atoms. The Kier molecular flexibility index (Phi) is 7.11. The summed E-state index contributed by atoms with van der Waals surface area (Å²) in [4.78, 5) is 12.3. The van der Waals surface area contributed by atoms with Gasteiger partial charge in [-0.15, -0.1) is 0 Å². The van der Waals surface area contributed by atoms with Crippen LogP contribution in [-0.2, 0) is 0 Å². The van der Waals surface area contributed by atoms with Gasteiger partial charge in [0, 0.05) is 56.0 Å². The normalized spacial score (nSPS) is 13.3. The molecule has 5 nitrogen and oxygen atoms in total. The van der Waals surface area contributed by atoms with E-state index in [1.165, 1.54) is 41.3 Å². The van der Waals surface area contributed by atoms with Gasteiger partial charge in [0.15, 0.2) is 8.07 Å². The zero-order chi connectivity index (χ0) is 37.5. The second-order valence-electron chi connectivity index (χ2n) is 14.6. The van der Waals surface area contributed by atoms with Crippen molar-refractivity contribution in [2.24, 2.45) is 0 Å². The summed E-state index contributed by atoms with van der Waals surface area (Å²) in [5, 5.41) is 11.3. The molecule has 4 aromatic heterocycles. The maximum Gasteiger partial charge on any atom is 0.181 e. The van der Waals surface area contributed by atoms with Crippen molar-refractivity contribution in [3.05, 3.63) is 195 Å². The lowest BCUT2D eigenvalue weighted by molar-refractivity contribution is 0.484. The number of benzene rings is 7. The monoisotopic (exact) mass is 764 g/mol. The first-order valence-corrected chi connectivity index (χ1v) is 22.0. The molecule has 1 aliphatic rings. The topological polar surface area (TPSA) is 44.4 Å². The summed E-state index contributed by atoms with van der Waals surface area (Å²) in [6.07, 6.45) is 5.76. The van der Waals surface area contributed by atoms with Crippen molar-refractivity contribution >= 4 is 89.7 Å². The highest BCUT2D eigenvalue weighted by atomic mass is 32.2. The zero-order valence-electron chi connectivity index (χ0n) is 30.6. The van der Waals surface area contributed by atoms with Crippen molar-refractivity contribution in [3.8, 4) is 17.3 Å². The van der Waals surface area contributed by atoms with Crippen LogP contribution < -0.4 is 25.5 Å². The number of fused-ring (bicyclic) bond motifs is 11. The Hall–Kier alpha value is -6.93. The van der Waals surface area contributed by atoms with Crippen molar-refractivity contribution in [2.45, 2.75) is 9.79 Å². The molecule has 0 saturated carbocycles. The minimum atomic E-state index is -2.77. The number of hydrogen-bond acceptors (Lipinski definition) is 4. The van der Waals surface area contributed by atoms with E-state index >= 15 is 0 Å². The van der Waals surface area contributed by atoms with Gasteiger partial charge in [0.2, 0.25) is 0 Å². The van der Waals surface area contributed by atoms with E-state index in [1.54, 1.807) is 0 Å². The van der Waals surface area contributed by atoms with E-state index < -0.39 is 8.07 Å². The number of hydrogen-bond donors (Lipinski definition) is 0. The van der Waals surface area contributed by atoms with E-state index in [9.17, 15) is 0 Å². The molecule has 0 unspecified atom stereocenters. The molecule has 0 fully saturated rings. The zero-order valence-corrected chi connectivity index (χ0v) is 32.4. The molecule has 11 aromatic rings. The van der Waals surface area contributed by atoms with Gasteiger partial charge >= 0.3 is 0 Å². The minimum absolute atomic E-state index is 0.755. The van der Waals surface area contributed by atoms with Crippen LogP contribution in [0.5, 0.6) is 11.5 Å². The fourth-order valence-corrected chi connectivity index (χ4v) is 16.2. The Morgan fingerprint density at radius 1 is 0.456 bits per heavy atom. The van der Waals surface area contributed by atoms with Crippen LogP contribution in [0, 0.1) is 0 Å². The van der Waals surface area contributed by atoms with Crippen LogP contribution >= 0.6 is 11.8 Å². The summed E-state index contributed by atoms with van der Waals surface area (Å²) >= 11 is 1.89. The van der Waals surface area contributed by atoms with Gasteiger partial charge in [0.05, 0.1) is 16.6 Å². The highest BCUT2D eigenvalue weighted by Gasteiger charge is 2.47. The number of nitrogens with zero attached hydrogens (tertiary/aromatic N) is 4. The molecule has 268 valence electrons. The maximum atomic E-state index is 6.74. The summed E-state index contributed by atoms with van der Waals surface area (Å²) < 4.78 is 11.2. The highest BCUT2D eigenvalue weighted by molar-refractivity contribution is 8.00. The van der Waals surface area contributed by atoms with Gasteiger partial charge in [0.1, 0.15) is 23.0 Å². The summed E-state index contributed by atoms with van der Waals surface area (Å²) in [7, 11) is -2.77. The Balaban J connectivity index is 1.09. The van der Waals surface area contributed by atoms with E-state index in [0.29, 0.717) is 0 Å². The summed E-state index contributed by atoms with van der Waals surface area (Å²) in [6.45, 7) is 0. The van der Waals surface area contributed by atoms with Crippen LogP contribution in [0.4, 0.5) is 0 Å². The largest absolute Gasteiger partial charge is 0.457 e. The molecule has 0 bridgehead atoms. The molecule has 0 aliphatic carbocycles. The molecule has 0 N–H and O–H groups in total. The van der Waals surface area contributed by atoms with Gasteiger partial charge in [0.25, 0.3) is 0 Å². The second-order valence-corrected chi connectivity index (χ2v) is 19.4. The quantitative estimate of drug-likeness (QED) is 0.129. The number of pyridine rings is 2.